The first kappa shape index (κ1) is 14.4. The van der Waals surface area contributed by atoms with Crippen molar-refractivity contribution in [1.82, 2.24) is 4.90 Å². The summed E-state index contributed by atoms with van der Waals surface area (Å²) in [6.07, 6.45) is 0. The highest BCUT2D eigenvalue weighted by Gasteiger charge is 2.08. The molecule has 3 nitrogen and oxygen atoms in total. The molecule has 1 aromatic heterocycles. The Kier molecular flexibility index (Phi) is 4.85. The second-order valence-corrected chi connectivity index (χ2v) is 6.79. The summed E-state index contributed by atoms with van der Waals surface area (Å²) in [5.41, 5.74) is 9.02. The van der Waals surface area contributed by atoms with Crippen LogP contribution in [0.5, 0.6) is 5.75 Å². The van der Waals surface area contributed by atoms with Gasteiger partial charge in [0.05, 0.1) is 10.9 Å². The zero-order valence-electron chi connectivity index (χ0n) is 11.0. The monoisotopic (exact) mass is 340 g/mol. The van der Waals surface area contributed by atoms with E-state index in [1.165, 1.54) is 5.56 Å². The molecule has 0 bridgehead atoms. The largest absolute Gasteiger partial charge is 0.496 e. The Balaban J connectivity index is 2.05. The highest BCUT2D eigenvalue weighted by Crippen LogP contribution is 2.24. The molecule has 0 aliphatic heterocycles. The van der Waals surface area contributed by atoms with Crippen molar-refractivity contribution in [2.24, 2.45) is 0 Å². The number of nitrogens with zero attached hydrogens (tertiary/aromatic N) is 1. The third kappa shape index (κ3) is 3.96. The third-order valence-electron chi connectivity index (χ3n) is 2.82. The molecule has 19 heavy (non-hydrogen) atoms. The third-order valence-corrected chi connectivity index (χ3v) is 4.37. The lowest BCUT2D eigenvalue weighted by molar-refractivity contribution is 0.310. The van der Waals surface area contributed by atoms with Crippen molar-refractivity contribution in [2.75, 3.05) is 19.9 Å². The number of nitrogens with two attached hydrogens (primary N) is 1. The van der Waals surface area contributed by atoms with Crippen molar-refractivity contribution in [3.05, 3.63) is 44.6 Å². The zero-order chi connectivity index (χ0) is 13.8. The maximum Gasteiger partial charge on any atom is 0.123 e. The number of anilines is 1. The minimum Gasteiger partial charge on any atom is -0.496 e. The van der Waals surface area contributed by atoms with Crippen LogP contribution in [0.2, 0.25) is 0 Å². The summed E-state index contributed by atoms with van der Waals surface area (Å²) in [5, 5.41) is 2.16. The fourth-order valence-corrected chi connectivity index (χ4v) is 3.21. The average molecular weight is 341 g/mol. The fourth-order valence-electron chi connectivity index (χ4n) is 2.01. The van der Waals surface area contributed by atoms with E-state index in [1.807, 2.05) is 18.2 Å². The Hall–Kier alpha value is -1.04. The Bertz CT molecular complexity index is 556. The van der Waals surface area contributed by atoms with Crippen LogP contribution in [-0.4, -0.2) is 19.1 Å². The number of hydrogen-bond acceptors (Lipinski definition) is 4. The molecule has 102 valence electrons. The van der Waals surface area contributed by atoms with E-state index in [0.717, 1.165) is 33.9 Å². The topological polar surface area (TPSA) is 38.5 Å². The maximum absolute atomic E-state index is 5.84. The van der Waals surface area contributed by atoms with Gasteiger partial charge in [0.15, 0.2) is 0 Å². The minimum atomic E-state index is 0.766. The van der Waals surface area contributed by atoms with Crippen molar-refractivity contribution in [1.29, 1.82) is 0 Å². The van der Waals surface area contributed by atoms with Crippen LogP contribution in [0.4, 0.5) is 5.69 Å². The van der Waals surface area contributed by atoms with Gasteiger partial charge in [0, 0.05) is 24.3 Å². The van der Waals surface area contributed by atoms with Gasteiger partial charge in [-0.2, -0.15) is 0 Å². The summed E-state index contributed by atoms with van der Waals surface area (Å²) >= 11 is 5.19. The van der Waals surface area contributed by atoms with Crippen LogP contribution in [0, 0.1) is 0 Å². The van der Waals surface area contributed by atoms with Crippen molar-refractivity contribution in [2.45, 2.75) is 13.1 Å². The number of hydrogen-bond donors (Lipinski definition) is 1. The number of thiophene rings is 1. The molecule has 2 N–H and O–H groups in total. The predicted octanol–water partition coefficient (Wildman–Crippen LogP) is 3.73. The Morgan fingerprint density at radius 2 is 2.11 bits per heavy atom. The predicted molar refractivity (Wildman–Crippen MR) is 84.6 cm³/mol. The molecule has 1 aromatic carbocycles. The van der Waals surface area contributed by atoms with Gasteiger partial charge in [-0.15, -0.1) is 11.3 Å². The molecule has 0 aliphatic rings. The molecule has 0 radical (unpaired) electrons. The van der Waals surface area contributed by atoms with Crippen LogP contribution in [0.3, 0.4) is 0 Å². The van der Waals surface area contributed by atoms with Crippen LogP contribution in [-0.2, 0) is 13.1 Å². The second-order valence-electron chi connectivity index (χ2n) is 4.50. The summed E-state index contributed by atoms with van der Waals surface area (Å²) in [5.74, 6) is 0.882. The quantitative estimate of drug-likeness (QED) is 0.842. The molecule has 2 rings (SSSR count). The first-order valence-electron chi connectivity index (χ1n) is 5.92. The summed E-state index contributed by atoms with van der Waals surface area (Å²) in [7, 11) is 3.78. The smallest absolute Gasteiger partial charge is 0.123 e. The van der Waals surface area contributed by atoms with Gasteiger partial charge in [0.25, 0.3) is 0 Å². The lowest BCUT2D eigenvalue weighted by Gasteiger charge is -2.18. The molecule has 0 unspecified atom stereocenters. The van der Waals surface area contributed by atoms with E-state index in [2.05, 4.69) is 39.3 Å². The van der Waals surface area contributed by atoms with Crippen LogP contribution in [0.25, 0.3) is 0 Å². The Morgan fingerprint density at radius 3 is 2.74 bits per heavy atom. The number of benzene rings is 1. The normalized spacial score (nSPS) is 10.9. The van der Waals surface area contributed by atoms with E-state index >= 15 is 0 Å². The van der Waals surface area contributed by atoms with E-state index < -0.39 is 0 Å². The van der Waals surface area contributed by atoms with Crippen LogP contribution in [0.1, 0.15) is 11.1 Å². The number of ether oxygens (including phenoxy) is 1. The van der Waals surface area contributed by atoms with Crippen molar-refractivity contribution >= 4 is 33.0 Å². The van der Waals surface area contributed by atoms with Gasteiger partial charge in [0.1, 0.15) is 5.75 Å². The van der Waals surface area contributed by atoms with Crippen LogP contribution < -0.4 is 10.5 Å². The molecule has 2 aromatic rings. The molecule has 1 heterocycles. The molecular formula is C14H17BrN2OS. The van der Waals surface area contributed by atoms with Gasteiger partial charge in [-0.25, -0.2) is 0 Å². The van der Waals surface area contributed by atoms with Gasteiger partial charge in [-0.1, -0.05) is 0 Å². The molecule has 0 saturated heterocycles. The molecule has 5 heteroatoms. The van der Waals surface area contributed by atoms with E-state index in [4.69, 9.17) is 10.5 Å². The molecule has 0 fully saturated rings. The van der Waals surface area contributed by atoms with Gasteiger partial charge < -0.3 is 10.5 Å². The Morgan fingerprint density at radius 1 is 1.32 bits per heavy atom. The summed E-state index contributed by atoms with van der Waals surface area (Å²) in [4.78, 5) is 2.24. The van der Waals surface area contributed by atoms with Gasteiger partial charge in [-0.05, 0) is 58.2 Å². The first-order chi connectivity index (χ1) is 9.08. The van der Waals surface area contributed by atoms with Crippen LogP contribution in [0.15, 0.2) is 33.4 Å². The first-order valence-corrected chi connectivity index (χ1v) is 7.59. The highest BCUT2D eigenvalue weighted by molar-refractivity contribution is 9.11. The Labute approximate surface area is 126 Å². The maximum atomic E-state index is 5.84. The minimum absolute atomic E-state index is 0.766. The SMILES string of the molecule is COc1ccc(N)cc1CN(C)Cc1csc(Br)c1. The van der Waals surface area contributed by atoms with Crippen molar-refractivity contribution in [3.8, 4) is 5.75 Å². The molecule has 0 amide bonds. The van der Waals surface area contributed by atoms with Crippen molar-refractivity contribution < 1.29 is 4.74 Å². The molecular weight excluding hydrogens is 324 g/mol. The fraction of sp³-hybridized carbons (Fsp3) is 0.286. The average Bonchev–Trinajstić information content (AvgIpc) is 2.75. The zero-order valence-corrected chi connectivity index (χ0v) is 13.4. The molecule has 0 atom stereocenters. The van der Waals surface area contributed by atoms with E-state index in [9.17, 15) is 0 Å². The summed E-state index contributed by atoms with van der Waals surface area (Å²) in [6.45, 7) is 1.71. The lowest BCUT2D eigenvalue weighted by atomic mass is 10.1. The van der Waals surface area contributed by atoms with E-state index in [1.54, 1.807) is 18.4 Å². The number of halogens is 1. The number of methoxy groups -OCH3 is 1. The second kappa shape index (κ2) is 6.41. The molecule has 0 spiro atoms. The van der Waals surface area contributed by atoms with Gasteiger partial charge >= 0.3 is 0 Å². The highest BCUT2D eigenvalue weighted by atomic mass is 79.9. The van der Waals surface area contributed by atoms with Crippen molar-refractivity contribution in [3.63, 3.8) is 0 Å². The van der Waals surface area contributed by atoms with Crippen LogP contribution >= 0.6 is 27.3 Å². The van der Waals surface area contributed by atoms with E-state index in [0.29, 0.717) is 0 Å². The van der Waals surface area contributed by atoms with E-state index in [-0.39, 0.29) is 0 Å². The number of rotatable bonds is 5. The standard InChI is InChI=1S/C14H17BrN2OS/c1-17(7-10-5-14(15)19-9-10)8-11-6-12(16)3-4-13(11)18-2/h3-6,9H,7-8,16H2,1-2H3. The lowest BCUT2D eigenvalue weighted by Crippen LogP contribution is -2.17. The molecule has 0 saturated carbocycles. The van der Waals surface area contributed by atoms with Gasteiger partial charge in [-0.3, -0.25) is 4.90 Å². The number of nitrogen functional groups attached to an aromatic ring is 1. The summed E-state index contributed by atoms with van der Waals surface area (Å²) in [6, 6.07) is 7.90. The van der Waals surface area contributed by atoms with Gasteiger partial charge in [0.2, 0.25) is 0 Å². The summed E-state index contributed by atoms with van der Waals surface area (Å²) < 4.78 is 6.53. The molecule has 0 aliphatic carbocycles.